The summed E-state index contributed by atoms with van der Waals surface area (Å²) < 4.78 is 14.3. The smallest absolute Gasteiger partial charge is 0.322 e. The zero-order valence-corrected chi connectivity index (χ0v) is 8.79. The third kappa shape index (κ3) is 3.07. The van der Waals surface area contributed by atoms with Gasteiger partial charge in [0.1, 0.15) is 0 Å². The van der Waals surface area contributed by atoms with Crippen LogP contribution in [0.1, 0.15) is 6.42 Å². The van der Waals surface area contributed by atoms with Crippen molar-refractivity contribution in [3.05, 3.63) is 12.7 Å². The van der Waals surface area contributed by atoms with Gasteiger partial charge in [-0.25, -0.2) is 9.34 Å². The van der Waals surface area contributed by atoms with Crippen molar-refractivity contribution in [2.45, 2.75) is 6.42 Å². The van der Waals surface area contributed by atoms with E-state index >= 15 is 0 Å². The van der Waals surface area contributed by atoms with E-state index in [0.29, 0.717) is 6.54 Å². The highest BCUT2D eigenvalue weighted by atomic mass is 31.2. The lowest BCUT2D eigenvalue weighted by Crippen LogP contribution is -2.24. The summed E-state index contributed by atoms with van der Waals surface area (Å²) in [6, 6.07) is 0. The molecule has 1 atom stereocenters. The SMILES string of the molecule is C=CCCN(C)P(=O)(O)N(C)C. The summed E-state index contributed by atoms with van der Waals surface area (Å²) in [7, 11) is 1.54. The van der Waals surface area contributed by atoms with Crippen LogP contribution in [0, 0.1) is 0 Å². The van der Waals surface area contributed by atoms with Crippen LogP contribution in [0.5, 0.6) is 0 Å². The van der Waals surface area contributed by atoms with Gasteiger partial charge in [-0.05, 0) is 27.6 Å². The van der Waals surface area contributed by atoms with Gasteiger partial charge in [0.15, 0.2) is 0 Å². The topological polar surface area (TPSA) is 43.8 Å². The summed E-state index contributed by atoms with van der Waals surface area (Å²) in [5.74, 6) is 0. The van der Waals surface area contributed by atoms with E-state index in [-0.39, 0.29) is 0 Å². The second-order valence-electron chi connectivity index (χ2n) is 2.82. The lowest BCUT2D eigenvalue weighted by molar-refractivity contribution is 0.327. The standard InChI is InChI=1S/C7H17N2O2P/c1-5-6-7-9(4)12(10,11)8(2)3/h5H,1,6-7H2,2-4H3,(H,10,11). The van der Waals surface area contributed by atoms with Gasteiger partial charge in [-0.3, -0.25) is 4.57 Å². The number of hydrogen-bond acceptors (Lipinski definition) is 1. The molecule has 0 aromatic heterocycles. The third-order valence-electron chi connectivity index (χ3n) is 1.62. The number of rotatable bonds is 5. The summed E-state index contributed by atoms with van der Waals surface area (Å²) in [4.78, 5) is 9.46. The first-order valence-corrected chi connectivity index (χ1v) is 5.32. The Morgan fingerprint density at radius 1 is 1.50 bits per heavy atom. The molecule has 0 saturated carbocycles. The minimum absolute atomic E-state index is 0.551. The van der Waals surface area contributed by atoms with Crippen LogP contribution in [-0.4, -0.2) is 41.9 Å². The highest BCUT2D eigenvalue weighted by Crippen LogP contribution is 2.45. The molecular formula is C7H17N2O2P. The Morgan fingerprint density at radius 3 is 2.33 bits per heavy atom. The fourth-order valence-electron chi connectivity index (χ4n) is 0.714. The number of hydrogen-bond donors (Lipinski definition) is 1. The summed E-state index contributed by atoms with van der Waals surface area (Å²) in [6.45, 7) is 4.10. The van der Waals surface area contributed by atoms with E-state index in [1.165, 1.54) is 9.34 Å². The van der Waals surface area contributed by atoms with Gasteiger partial charge < -0.3 is 4.89 Å². The molecule has 0 rings (SSSR count). The van der Waals surface area contributed by atoms with Gasteiger partial charge >= 0.3 is 7.67 Å². The minimum atomic E-state index is -3.27. The van der Waals surface area contributed by atoms with E-state index in [1.54, 1.807) is 27.2 Å². The number of nitrogens with zero attached hydrogens (tertiary/aromatic N) is 2. The van der Waals surface area contributed by atoms with Crippen molar-refractivity contribution in [3.63, 3.8) is 0 Å². The Balaban J connectivity index is 4.15. The van der Waals surface area contributed by atoms with Gasteiger partial charge in [0, 0.05) is 6.54 Å². The Kier molecular flexibility index (Phi) is 4.71. The molecule has 1 unspecified atom stereocenters. The second kappa shape index (κ2) is 4.77. The monoisotopic (exact) mass is 192 g/mol. The molecule has 0 fully saturated rings. The molecular weight excluding hydrogens is 175 g/mol. The molecule has 0 bridgehead atoms. The van der Waals surface area contributed by atoms with Crippen LogP contribution in [0.3, 0.4) is 0 Å². The van der Waals surface area contributed by atoms with Gasteiger partial charge in [0.05, 0.1) is 0 Å². The molecule has 0 amide bonds. The normalized spacial score (nSPS) is 16.5. The maximum Gasteiger partial charge on any atom is 0.342 e. The van der Waals surface area contributed by atoms with Crippen LogP contribution >= 0.6 is 7.67 Å². The van der Waals surface area contributed by atoms with Crippen molar-refractivity contribution in [1.82, 2.24) is 9.34 Å². The fraction of sp³-hybridized carbons (Fsp3) is 0.714. The lowest BCUT2D eigenvalue weighted by Gasteiger charge is -2.27. The van der Waals surface area contributed by atoms with Crippen molar-refractivity contribution in [2.75, 3.05) is 27.7 Å². The van der Waals surface area contributed by atoms with E-state index in [0.717, 1.165) is 6.42 Å². The van der Waals surface area contributed by atoms with Crippen LogP contribution < -0.4 is 0 Å². The van der Waals surface area contributed by atoms with Crippen LogP contribution in [0.25, 0.3) is 0 Å². The van der Waals surface area contributed by atoms with Crippen LogP contribution in [0.2, 0.25) is 0 Å². The highest BCUT2D eigenvalue weighted by Gasteiger charge is 2.26. The zero-order chi connectivity index (χ0) is 9.78. The average Bonchev–Trinajstić information content (AvgIpc) is 1.99. The molecule has 1 N–H and O–H groups in total. The quantitative estimate of drug-likeness (QED) is 0.524. The summed E-state index contributed by atoms with van der Waals surface area (Å²) >= 11 is 0. The minimum Gasteiger partial charge on any atom is -0.322 e. The second-order valence-corrected chi connectivity index (χ2v) is 5.33. The molecule has 0 aromatic rings. The van der Waals surface area contributed by atoms with E-state index in [2.05, 4.69) is 6.58 Å². The maximum atomic E-state index is 11.5. The average molecular weight is 192 g/mol. The first-order valence-electron chi connectivity index (χ1n) is 3.76. The molecule has 4 nitrogen and oxygen atoms in total. The van der Waals surface area contributed by atoms with Gasteiger partial charge in [-0.1, -0.05) is 6.08 Å². The molecule has 12 heavy (non-hydrogen) atoms. The fourth-order valence-corrected chi connectivity index (χ4v) is 1.70. The van der Waals surface area contributed by atoms with Gasteiger partial charge in [0.2, 0.25) is 0 Å². The van der Waals surface area contributed by atoms with Gasteiger partial charge in [-0.2, -0.15) is 0 Å². The van der Waals surface area contributed by atoms with Crippen molar-refractivity contribution in [2.24, 2.45) is 0 Å². The molecule has 5 heteroatoms. The van der Waals surface area contributed by atoms with Crippen molar-refractivity contribution < 1.29 is 9.46 Å². The molecule has 0 aliphatic heterocycles. The third-order valence-corrected chi connectivity index (χ3v) is 3.75. The van der Waals surface area contributed by atoms with Crippen LogP contribution in [0.4, 0.5) is 0 Å². The Hall–Kier alpha value is -0.150. The van der Waals surface area contributed by atoms with Crippen molar-refractivity contribution >= 4 is 7.67 Å². The predicted octanol–water partition coefficient (Wildman–Crippen LogP) is 1.16. The van der Waals surface area contributed by atoms with Gasteiger partial charge in [0.25, 0.3) is 0 Å². The molecule has 0 saturated heterocycles. The Bertz CT molecular complexity index is 194. The highest BCUT2D eigenvalue weighted by molar-refractivity contribution is 7.52. The van der Waals surface area contributed by atoms with Crippen molar-refractivity contribution in [3.8, 4) is 0 Å². The predicted molar refractivity (Wildman–Crippen MR) is 51.0 cm³/mol. The summed E-state index contributed by atoms with van der Waals surface area (Å²) in [5, 5.41) is 0. The largest absolute Gasteiger partial charge is 0.342 e. The van der Waals surface area contributed by atoms with E-state index in [1.807, 2.05) is 0 Å². The first-order chi connectivity index (χ1) is 5.42. The van der Waals surface area contributed by atoms with E-state index in [9.17, 15) is 9.46 Å². The van der Waals surface area contributed by atoms with Gasteiger partial charge in [-0.15, -0.1) is 6.58 Å². The van der Waals surface area contributed by atoms with Crippen LogP contribution in [0.15, 0.2) is 12.7 Å². The zero-order valence-electron chi connectivity index (χ0n) is 7.90. The first kappa shape index (κ1) is 11.8. The molecule has 0 spiro atoms. The lowest BCUT2D eigenvalue weighted by atomic mass is 10.4. The summed E-state index contributed by atoms with van der Waals surface area (Å²) in [5.41, 5.74) is 0. The molecule has 0 aliphatic rings. The molecule has 0 radical (unpaired) electrons. The van der Waals surface area contributed by atoms with E-state index < -0.39 is 7.67 Å². The molecule has 0 heterocycles. The Labute approximate surface area is 74.0 Å². The van der Waals surface area contributed by atoms with E-state index in [4.69, 9.17) is 0 Å². The molecule has 72 valence electrons. The maximum absolute atomic E-state index is 11.5. The Morgan fingerprint density at radius 2 is 2.00 bits per heavy atom. The van der Waals surface area contributed by atoms with Crippen LogP contribution in [-0.2, 0) is 4.57 Å². The van der Waals surface area contributed by atoms with Crippen molar-refractivity contribution in [1.29, 1.82) is 0 Å². The molecule has 0 aromatic carbocycles. The summed E-state index contributed by atoms with van der Waals surface area (Å²) in [6.07, 6.45) is 2.45. The molecule has 0 aliphatic carbocycles.